The molecule has 2 amide bonds. The van der Waals surface area contributed by atoms with Crippen molar-refractivity contribution in [1.29, 1.82) is 0 Å². The summed E-state index contributed by atoms with van der Waals surface area (Å²) in [5.74, 6) is 0.784. The minimum atomic E-state index is -0.0381. The topological polar surface area (TPSA) is 53.6 Å². The Hall–Kier alpha value is -1.75. The number of hydrogen-bond acceptors (Lipinski definition) is 3. The van der Waals surface area contributed by atoms with Gasteiger partial charge in [-0.3, -0.25) is 0 Å². The van der Waals surface area contributed by atoms with E-state index in [2.05, 4.69) is 10.6 Å². The number of benzene rings is 1. The van der Waals surface area contributed by atoms with Crippen LogP contribution >= 0.6 is 0 Å². The van der Waals surface area contributed by atoms with Crippen LogP contribution in [0.25, 0.3) is 0 Å². The molecule has 1 heterocycles. The lowest BCUT2D eigenvalue weighted by Gasteiger charge is -2.20. The van der Waals surface area contributed by atoms with E-state index in [0.717, 1.165) is 44.0 Å². The SMILES string of the molecule is COc1ccc(NC(=O)N2CCCNCC2)cc1. The highest BCUT2D eigenvalue weighted by atomic mass is 16.5. The lowest BCUT2D eigenvalue weighted by molar-refractivity contribution is 0.215. The van der Waals surface area contributed by atoms with E-state index in [1.807, 2.05) is 29.2 Å². The Balaban J connectivity index is 1.92. The van der Waals surface area contributed by atoms with E-state index in [0.29, 0.717) is 0 Å². The summed E-state index contributed by atoms with van der Waals surface area (Å²) in [5.41, 5.74) is 0.790. The molecule has 0 saturated carbocycles. The second kappa shape index (κ2) is 6.26. The predicted octanol–water partition coefficient (Wildman–Crippen LogP) is 1.52. The third kappa shape index (κ3) is 3.37. The van der Waals surface area contributed by atoms with Gasteiger partial charge in [0.05, 0.1) is 7.11 Å². The molecule has 0 radical (unpaired) electrons. The molecule has 1 aromatic carbocycles. The standard InChI is InChI=1S/C13H19N3O2/c1-18-12-5-3-11(4-6-12)15-13(17)16-9-2-7-14-8-10-16/h3-6,14H,2,7-10H2,1H3,(H,15,17). The van der Waals surface area contributed by atoms with Gasteiger partial charge in [-0.05, 0) is 37.2 Å². The number of amides is 2. The van der Waals surface area contributed by atoms with Crippen LogP contribution in [-0.4, -0.2) is 44.2 Å². The Morgan fingerprint density at radius 1 is 1.28 bits per heavy atom. The fourth-order valence-electron chi connectivity index (χ4n) is 1.93. The minimum absolute atomic E-state index is 0.0381. The monoisotopic (exact) mass is 249 g/mol. The van der Waals surface area contributed by atoms with Gasteiger partial charge in [0.15, 0.2) is 0 Å². The van der Waals surface area contributed by atoms with E-state index >= 15 is 0 Å². The van der Waals surface area contributed by atoms with Crippen LogP contribution in [0.2, 0.25) is 0 Å². The molecule has 5 heteroatoms. The number of methoxy groups -OCH3 is 1. The average Bonchev–Trinajstić information content (AvgIpc) is 2.68. The van der Waals surface area contributed by atoms with Gasteiger partial charge in [0.25, 0.3) is 0 Å². The summed E-state index contributed by atoms with van der Waals surface area (Å²) in [7, 11) is 1.62. The molecular formula is C13H19N3O2. The number of carbonyl (C=O) groups is 1. The first-order valence-electron chi connectivity index (χ1n) is 6.20. The van der Waals surface area contributed by atoms with Gasteiger partial charge >= 0.3 is 6.03 Å². The largest absolute Gasteiger partial charge is 0.497 e. The van der Waals surface area contributed by atoms with Crippen molar-refractivity contribution in [3.63, 3.8) is 0 Å². The van der Waals surface area contributed by atoms with E-state index in [4.69, 9.17) is 4.74 Å². The average molecular weight is 249 g/mol. The lowest BCUT2D eigenvalue weighted by atomic mass is 10.3. The summed E-state index contributed by atoms with van der Waals surface area (Å²) in [6.45, 7) is 3.39. The van der Waals surface area contributed by atoms with Gasteiger partial charge in [-0.15, -0.1) is 0 Å². The second-order valence-electron chi connectivity index (χ2n) is 4.25. The fraction of sp³-hybridized carbons (Fsp3) is 0.462. The molecule has 1 aliphatic heterocycles. The highest BCUT2D eigenvalue weighted by molar-refractivity contribution is 5.89. The zero-order chi connectivity index (χ0) is 12.8. The molecule has 1 aliphatic rings. The minimum Gasteiger partial charge on any atom is -0.497 e. The van der Waals surface area contributed by atoms with Crippen LogP contribution in [0.1, 0.15) is 6.42 Å². The molecule has 5 nitrogen and oxygen atoms in total. The lowest BCUT2D eigenvalue weighted by Crippen LogP contribution is -2.37. The molecule has 1 aromatic rings. The van der Waals surface area contributed by atoms with E-state index in [-0.39, 0.29) is 6.03 Å². The van der Waals surface area contributed by atoms with Crippen molar-refractivity contribution in [2.45, 2.75) is 6.42 Å². The molecule has 0 aromatic heterocycles. The van der Waals surface area contributed by atoms with Crippen molar-refractivity contribution in [3.8, 4) is 5.75 Å². The van der Waals surface area contributed by atoms with Crippen LogP contribution in [0.15, 0.2) is 24.3 Å². The number of ether oxygens (including phenoxy) is 1. The van der Waals surface area contributed by atoms with Crippen LogP contribution in [0.4, 0.5) is 10.5 Å². The van der Waals surface area contributed by atoms with E-state index in [1.165, 1.54) is 0 Å². The Morgan fingerprint density at radius 3 is 2.78 bits per heavy atom. The molecule has 1 fully saturated rings. The zero-order valence-corrected chi connectivity index (χ0v) is 10.6. The number of nitrogens with zero attached hydrogens (tertiary/aromatic N) is 1. The van der Waals surface area contributed by atoms with Crippen molar-refractivity contribution in [2.24, 2.45) is 0 Å². The Bertz CT molecular complexity index is 384. The first-order valence-corrected chi connectivity index (χ1v) is 6.20. The number of rotatable bonds is 2. The van der Waals surface area contributed by atoms with Gasteiger partial charge in [-0.25, -0.2) is 4.79 Å². The Kier molecular flexibility index (Phi) is 4.41. The third-order valence-electron chi connectivity index (χ3n) is 2.97. The first-order chi connectivity index (χ1) is 8.79. The van der Waals surface area contributed by atoms with Crippen molar-refractivity contribution in [2.75, 3.05) is 38.6 Å². The fourth-order valence-corrected chi connectivity index (χ4v) is 1.93. The number of anilines is 1. The summed E-state index contributed by atoms with van der Waals surface area (Å²) in [6.07, 6.45) is 0.996. The third-order valence-corrected chi connectivity index (χ3v) is 2.97. The normalized spacial score (nSPS) is 15.9. The maximum Gasteiger partial charge on any atom is 0.321 e. The molecule has 2 rings (SSSR count). The Labute approximate surface area is 107 Å². The van der Waals surface area contributed by atoms with Crippen molar-refractivity contribution in [1.82, 2.24) is 10.2 Å². The number of hydrogen-bond donors (Lipinski definition) is 2. The predicted molar refractivity (Wildman–Crippen MR) is 71.1 cm³/mol. The molecule has 2 N–H and O–H groups in total. The molecular weight excluding hydrogens is 230 g/mol. The number of urea groups is 1. The quantitative estimate of drug-likeness (QED) is 0.835. The summed E-state index contributed by atoms with van der Waals surface area (Å²) < 4.78 is 5.08. The molecule has 0 aliphatic carbocycles. The van der Waals surface area contributed by atoms with E-state index < -0.39 is 0 Å². The molecule has 0 bridgehead atoms. The van der Waals surface area contributed by atoms with Gasteiger partial charge in [-0.2, -0.15) is 0 Å². The van der Waals surface area contributed by atoms with Gasteiger partial charge in [-0.1, -0.05) is 0 Å². The molecule has 1 saturated heterocycles. The summed E-state index contributed by atoms with van der Waals surface area (Å²) in [4.78, 5) is 13.9. The maximum absolute atomic E-state index is 12.0. The molecule has 0 spiro atoms. The van der Waals surface area contributed by atoms with Crippen LogP contribution < -0.4 is 15.4 Å². The zero-order valence-electron chi connectivity index (χ0n) is 10.6. The van der Waals surface area contributed by atoms with Crippen molar-refractivity contribution < 1.29 is 9.53 Å². The molecule has 18 heavy (non-hydrogen) atoms. The first kappa shape index (κ1) is 12.7. The summed E-state index contributed by atoms with van der Waals surface area (Å²) in [6, 6.07) is 7.31. The molecule has 0 atom stereocenters. The van der Waals surface area contributed by atoms with Crippen LogP contribution in [-0.2, 0) is 0 Å². The van der Waals surface area contributed by atoms with E-state index in [9.17, 15) is 4.79 Å². The van der Waals surface area contributed by atoms with Crippen molar-refractivity contribution in [3.05, 3.63) is 24.3 Å². The maximum atomic E-state index is 12.0. The number of carbonyl (C=O) groups excluding carboxylic acids is 1. The second-order valence-corrected chi connectivity index (χ2v) is 4.25. The van der Waals surface area contributed by atoms with Gasteiger partial charge in [0.1, 0.15) is 5.75 Å². The van der Waals surface area contributed by atoms with Crippen LogP contribution in [0.3, 0.4) is 0 Å². The summed E-state index contributed by atoms with van der Waals surface area (Å²) in [5, 5.41) is 6.17. The highest BCUT2D eigenvalue weighted by Gasteiger charge is 2.14. The van der Waals surface area contributed by atoms with Gasteiger partial charge in [0.2, 0.25) is 0 Å². The smallest absolute Gasteiger partial charge is 0.321 e. The summed E-state index contributed by atoms with van der Waals surface area (Å²) >= 11 is 0. The molecule has 98 valence electrons. The highest BCUT2D eigenvalue weighted by Crippen LogP contribution is 2.15. The van der Waals surface area contributed by atoms with Crippen LogP contribution in [0.5, 0.6) is 5.75 Å². The number of nitrogens with one attached hydrogen (secondary N) is 2. The molecule has 0 unspecified atom stereocenters. The van der Waals surface area contributed by atoms with Crippen LogP contribution in [0, 0.1) is 0 Å². The Morgan fingerprint density at radius 2 is 2.06 bits per heavy atom. The van der Waals surface area contributed by atoms with Crippen molar-refractivity contribution >= 4 is 11.7 Å². The van der Waals surface area contributed by atoms with Gasteiger partial charge < -0.3 is 20.3 Å². The van der Waals surface area contributed by atoms with E-state index in [1.54, 1.807) is 7.11 Å². The van der Waals surface area contributed by atoms with Gasteiger partial charge in [0, 0.05) is 25.3 Å².